The van der Waals surface area contributed by atoms with Crippen LogP contribution in [0.4, 0.5) is 10.1 Å². The molecule has 0 fully saturated rings. The molecule has 0 saturated carbocycles. The van der Waals surface area contributed by atoms with Crippen LogP contribution in [0.15, 0.2) is 78.2 Å². The Labute approximate surface area is 186 Å². The number of nitrogens with zero attached hydrogens (tertiary/aromatic N) is 3. The fourth-order valence-corrected chi connectivity index (χ4v) is 4.25. The third-order valence-corrected chi connectivity index (χ3v) is 5.82. The van der Waals surface area contributed by atoms with E-state index in [0.717, 1.165) is 33.4 Å². The highest BCUT2D eigenvalue weighted by molar-refractivity contribution is 7.12. The molecule has 0 saturated heterocycles. The van der Waals surface area contributed by atoms with Crippen LogP contribution in [-0.4, -0.2) is 25.8 Å². The SMILES string of the molecule is O=C(O)c1csc(-n2nc(-c3ccccc3)c3ccc(NCc4cccc(F)c4)cc32)n1. The predicted molar refractivity (Wildman–Crippen MR) is 123 cm³/mol. The number of fused-ring (bicyclic) bond motifs is 1. The molecule has 0 spiro atoms. The minimum Gasteiger partial charge on any atom is -0.476 e. The molecule has 0 radical (unpaired) electrons. The lowest BCUT2D eigenvalue weighted by Gasteiger charge is -2.08. The Morgan fingerprint density at radius 1 is 1.06 bits per heavy atom. The van der Waals surface area contributed by atoms with Crippen LogP contribution < -0.4 is 5.32 Å². The first-order valence-electron chi connectivity index (χ1n) is 9.84. The second-order valence-electron chi connectivity index (χ2n) is 7.16. The minimum atomic E-state index is -1.08. The quantitative estimate of drug-likeness (QED) is 0.356. The molecule has 2 N–H and O–H groups in total. The van der Waals surface area contributed by atoms with Crippen molar-refractivity contribution in [2.75, 3.05) is 5.32 Å². The fraction of sp³-hybridized carbons (Fsp3) is 0.0417. The van der Waals surface area contributed by atoms with Crippen molar-refractivity contribution in [3.63, 3.8) is 0 Å². The number of carbonyl (C=O) groups is 1. The highest BCUT2D eigenvalue weighted by atomic mass is 32.1. The van der Waals surface area contributed by atoms with Gasteiger partial charge in [0.25, 0.3) is 0 Å². The topological polar surface area (TPSA) is 80.0 Å². The molecule has 0 atom stereocenters. The standard InChI is InChI=1S/C24H17FN4O2S/c25-17-8-4-5-15(11-17)13-26-18-9-10-19-21(12-18)29(24-27-20(14-32-24)23(30)31)28-22(19)16-6-2-1-3-7-16/h1-12,14,26H,13H2,(H,30,31). The van der Waals surface area contributed by atoms with Gasteiger partial charge in [0.1, 0.15) is 11.5 Å². The summed E-state index contributed by atoms with van der Waals surface area (Å²) < 4.78 is 15.1. The first-order chi connectivity index (χ1) is 15.6. The molecule has 6 nitrogen and oxygen atoms in total. The number of thiazole rings is 1. The van der Waals surface area contributed by atoms with Gasteiger partial charge in [0, 0.05) is 28.6 Å². The average Bonchev–Trinajstić information content (AvgIpc) is 3.43. The zero-order chi connectivity index (χ0) is 22.1. The van der Waals surface area contributed by atoms with E-state index in [1.807, 2.05) is 54.6 Å². The van der Waals surface area contributed by atoms with Crippen molar-refractivity contribution in [1.82, 2.24) is 14.8 Å². The van der Waals surface area contributed by atoms with Crippen molar-refractivity contribution in [1.29, 1.82) is 0 Å². The fourth-order valence-electron chi connectivity index (χ4n) is 3.49. The largest absolute Gasteiger partial charge is 0.476 e. The van der Waals surface area contributed by atoms with Gasteiger partial charge in [-0.1, -0.05) is 42.5 Å². The molecule has 158 valence electrons. The van der Waals surface area contributed by atoms with Crippen molar-refractivity contribution in [2.45, 2.75) is 6.54 Å². The third kappa shape index (κ3) is 3.83. The van der Waals surface area contributed by atoms with Gasteiger partial charge in [-0.25, -0.2) is 18.9 Å². The number of benzene rings is 3. The van der Waals surface area contributed by atoms with Crippen molar-refractivity contribution in [2.24, 2.45) is 0 Å². The first-order valence-corrected chi connectivity index (χ1v) is 10.7. The number of nitrogens with one attached hydrogen (secondary N) is 1. The molecule has 2 heterocycles. The zero-order valence-electron chi connectivity index (χ0n) is 16.7. The van der Waals surface area contributed by atoms with E-state index in [1.54, 1.807) is 10.7 Å². The maximum atomic E-state index is 13.5. The summed E-state index contributed by atoms with van der Waals surface area (Å²) in [6, 6.07) is 22.1. The summed E-state index contributed by atoms with van der Waals surface area (Å²) in [6.07, 6.45) is 0. The molecule has 5 aromatic rings. The first kappa shape index (κ1) is 19.9. The predicted octanol–water partition coefficient (Wildman–Crippen LogP) is 5.60. The second-order valence-corrected chi connectivity index (χ2v) is 8.00. The smallest absolute Gasteiger partial charge is 0.355 e. The molecule has 0 bridgehead atoms. The number of carboxylic acids is 1. The zero-order valence-corrected chi connectivity index (χ0v) is 17.5. The van der Waals surface area contributed by atoms with E-state index in [9.17, 15) is 14.3 Å². The molecule has 0 aliphatic heterocycles. The van der Waals surface area contributed by atoms with Crippen LogP contribution in [0.5, 0.6) is 0 Å². The second kappa shape index (κ2) is 8.24. The van der Waals surface area contributed by atoms with Crippen LogP contribution in [0.25, 0.3) is 27.3 Å². The number of rotatable bonds is 6. The van der Waals surface area contributed by atoms with Gasteiger partial charge in [-0.05, 0) is 35.9 Å². The Morgan fingerprint density at radius 3 is 2.66 bits per heavy atom. The molecule has 0 amide bonds. The average molecular weight is 444 g/mol. The number of hydrogen-bond acceptors (Lipinski definition) is 5. The lowest BCUT2D eigenvalue weighted by atomic mass is 10.1. The van der Waals surface area contributed by atoms with Crippen molar-refractivity contribution in [3.05, 3.63) is 95.3 Å². The maximum Gasteiger partial charge on any atom is 0.355 e. The number of halogens is 1. The molecule has 0 aliphatic carbocycles. The Kier molecular flexibility index (Phi) is 5.12. The number of anilines is 1. The summed E-state index contributed by atoms with van der Waals surface area (Å²) >= 11 is 1.22. The Morgan fingerprint density at radius 2 is 1.91 bits per heavy atom. The van der Waals surface area contributed by atoms with Crippen molar-refractivity contribution < 1.29 is 14.3 Å². The van der Waals surface area contributed by atoms with E-state index in [-0.39, 0.29) is 11.5 Å². The van der Waals surface area contributed by atoms with E-state index in [2.05, 4.69) is 10.3 Å². The summed E-state index contributed by atoms with van der Waals surface area (Å²) in [4.78, 5) is 15.5. The van der Waals surface area contributed by atoms with Crippen molar-refractivity contribution >= 4 is 33.9 Å². The number of aromatic nitrogens is 3. The number of aromatic carboxylic acids is 1. The molecular formula is C24H17FN4O2S. The van der Waals surface area contributed by atoms with Gasteiger partial charge in [0.2, 0.25) is 5.13 Å². The normalized spacial score (nSPS) is 11.0. The summed E-state index contributed by atoms with van der Waals surface area (Å²) in [5, 5.41) is 20.2. The van der Waals surface area contributed by atoms with Gasteiger partial charge < -0.3 is 10.4 Å². The Hall–Kier alpha value is -4.04. The van der Waals surface area contributed by atoms with Crippen LogP contribution in [0.3, 0.4) is 0 Å². The van der Waals surface area contributed by atoms with Gasteiger partial charge >= 0.3 is 5.97 Å². The molecule has 0 unspecified atom stereocenters. The molecule has 32 heavy (non-hydrogen) atoms. The highest BCUT2D eigenvalue weighted by Gasteiger charge is 2.17. The summed E-state index contributed by atoms with van der Waals surface area (Å²) in [7, 11) is 0. The van der Waals surface area contributed by atoms with E-state index < -0.39 is 5.97 Å². The van der Waals surface area contributed by atoms with Gasteiger partial charge in [-0.15, -0.1) is 11.3 Å². The molecular weight excluding hydrogens is 427 g/mol. The van der Waals surface area contributed by atoms with Gasteiger partial charge in [0.05, 0.1) is 5.52 Å². The highest BCUT2D eigenvalue weighted by Crippen LogP contribution is 2.32. The van der Waals surface area contributed by atoms with Crippen LogP contribution >= 0.6 is 11.3 Å². The molecule has 5 rings (SSSR count). The lowest BCUT2D eigenvalue weighted by Crippen LogP contribution is -2.01. The summed E-state index contributed by atoms with van der Waals surface area (Å²) in [5.41, 5.74) is 4.16. The van der Waals surface area contributed by atoms with E-state index in [4.69, 9.17) is 5.10 Å². The van der Waals surface area contributed by atoms with Crippen LogP contribution in [0.1, 0.15) is 16.1 Å². The van der Waals surface area contributed by atoms with E-state index in [1.165, 1.54) is 28.8 Å². The number of carboxylic acid groups (broad SMARTS) is 1. The van der Waals surface area contributed by atoms with E-state index >= 15 is 0 Å². The lowest BCUT2D eigenvalue weighted by molar-refractivity contribution is 0.0691. The molecule has 3 aromatic carbocycles. The Balaban J connectivity index is 1.58. The molecule has 8 heteroatoms. The van der Waals surface area contributed by atoms with Crippen LogP contribution in [0, 0.1) is 5.82 Å². The summed E-state index contributed by atoms with van der Waals surface area (Å²) in [6.45, 7) is 0.462. The van der Waals surface area contributed by atoms with Gasteiger partial charge in [0.15, 0.2) is 5.69 Å². The van der Waals surface area contributed by atoms with Gasteiger partial charge in [-0.3, -0.25) is 0 Å². The van der Waals surface area contributed by atoms with Crippen LogP contribution in [0.2, 0.25) is 0 Å². The summed E-state index contributed by atoms with van der Waals surface area (Å²) in [5.74, 6) is -1.35. The maximum absolute atomic E-state index is 13.5. The van der Waals surface area contributed by atoms with Crippen LogP contribution in [-0.2, 0) is 6.54 Å². The van der Waals surface area contributed by atoms with E-state index in [0.29, 0.717) is 11.7 Å². The minimum absolute atomic E-state index is 0.0182. The third-order valence-electron chi connectivity index (χ3n) is 5.01. The monoisotopic (exact) mass is 444 g/mol. The van der Waals surface area contributed by atoms with Crippen molar-refractivity contribution in [3.8, 4) is 16.4 Å². The molecule has 2 aromatic heterocycles. The molecule has 0 aliphatic rings. The Bertz CT molecular complexity index is 1430. The number of hydrogen-bond donors (Lipinski definition) is 2. The van der Waals surface area contributed by atoms with Gasteiger partial charge in [-0.2, -0.15) is 5.10 Å².